The number of aryl methyl sites for hydroxylation is 3. The SMILES string of the molecule is Cc1ccc2c(O[PH](=O)OC(=O)c3ccccc3)c(C)cc(C)c2c1. The molecule has 0 heterocycles. The molecule has 0 N–H and O–H groups in total. The highest BCUT2D eigenvalue weighted by atomic mass is 31.1. The van der Waals surface area contributed by atoms with Gasteiger partial charge in [-0.2, -0.15) is 0 Å². The van der Waals surface area contributed by atoms with Gasteiger partial charge in [0.05, 0.1) is 5.56 Å². The Bertz CT molecular complexity index is 964. The zero-order valence-electron chi connectivity index (χ0n) is 14.3. The summed E-state index contributed by atoms with van der Waals surface area (Å²) in [7, 11) is -3.02. The zero-order chi connectivity index (χ0) is 18.0. The van der Waals surface area contributed by atoms with Gasteiger partial charge in [0.25, 0.3) is 0 Å². The summed E-state index contributed by atoms with van der Waals surface area (Å²) in [5, 5.41) is 1.89. The molecule has 0 bridgehead atoms. The summed E-state index contributed by atoms with van der Waals surface area (Å²) in [5.74, 6) is -0.167. The van der Waals surface area contributed by atoms with E-state index in [1.807, 2.05) is 39.0 Å². The number of carbonyl (C=O) groups excluding carboxylic acids is 1. The first-order valence-corrected chi connectivity index (χ1v) is 9.18. The van der Waals surface area contributed by atoms with Gasteiger partial charge in [0, 0.05) is 5.39 Å². The van der Waals surface area contributed by atoms with Crippen LogP contribution in [0.3, 0.4) is 0 Å². The van der Waals surface area contributed by atoms with Crippen molar-refractivity contribution in [2.24, 2.45) is 0 Å². The van der Waals surface area contributed by atoms with Gasteiger partial charge in [0.1, 0.15) is 5.75 Å². The summed E-state index contributed by atoms with van der Waals surface area (Å²) in [5.41, 5.74) is 3.44. The molecule has 0 aliphatic carbocycles. The second kappa shape index (κ2) is 7.12. The molecule has 1 atom stereocenters. The molecule has 4 nitrogen and oxygen atoms in total. The molecule has 0 aliphatic heterocycles. The number of hydrogen-bond donors (Lipinski definition) is 0. The first-order chi connectivity index (χ1) is 12.0. The lowest BCUT2D eigenvalue weighted by molar-refractivity contribution is 0.0733. The topological polar surface area (TPSA) is 52.6 Å². The Balaban J connectivity index is 1.88. The number of rotatable bonds is 4. The predicted molar refractivity (Wildman–Crippen MR) is 99.6 cm³/mol. The lowest BCUT2D eigenvalue weighted by Crippen LogP contribution is -2.01. The van der Waals surface area contributed by atoms with Crippen LogP contribution in [0.2, 0.25) is 0 Å². The highest BCUT2D eigenvalue weighted by molar-refractivity contribution is 7.34. The molecule has 0 amide bonds. The van der Waals surface area contributed by atoms with Gasteiger partial charge in [-0.25, -0.2) is 9.36 Å². The average molecular weight is 354 g/mol. The van der Waals surface area contributed by atoms with Crippen LogP contribution < -0.4 is 4.52 Å². The molecule has 3 aromatic rings. The molecule has 0 saturated carbocycles. The fourth-order valence-electron chi connectivity index (χ4n) is 2.81. The van der Waals surface area contributed by atoms with Gasteiger partial charge in [-0.1, -0.05) is 48.0 Å². The van der Waals surface area contributed by atoms with Crippen molar-refractivity contribution in [2.75, 3.05) is 0 Å². The Labute approximate surface area is 147 Å². The summed E-state index contributed by atoms with van der Waals surface area (Å²) in [6, 6.07) is 16.4. The van der Waals surface area contributed by atoms with Crippen molar-refractivity contribution in [1.29, 1.82) is 0 Å². The van der Waals surface area contributed by atoms with Crippen molar-refractivity contribution in [2.45, 2.75) is 20.8 Å². The largest absolute Gasteiger partial charge is 0.421 e. The molecule has 0 radical (unpaired) electrons. The summed E-state index contributed by atoms with van der Waals surface area (Å²) in [4.78, 5) is 12.0. The van der Waals surface area contributed by atoms with Crippen LogP contribution in [0, 0.1) is 20.8 Å². The van der Waals surface area contributed by atoms with Crippen molar-refractivity contribution in [1.82, 2.24) is 0 Å². The predicted octanol–water partition coefficient (Wildman–Crippen LogP) is 5.39. The number of fused-ring (bicyclic) bond motifs is 1. The second-order valence-electron chi connectivity index (χ2n) is 6.00. The van der Waals surface area contributed by atoms with E-state index in [-0.39, 0.29) is 0 Å². The molecule has 25 heavy (non-hydrogen) atoms. The standard InChI is InChI=1S/C20H19O4P/c1-13-9-10-17-18(11-13)14(2)12-15(3)19(17)23-25(22)24-20(21)16-7-5-4-6-8-16/h4-12,25H,1-3H3. The maximum Gasteiger partial charge on any atom is 0.421 e. The van der Waals surface area contributed by atoms with Gasteiger partial charge < -0.3 is 9.05 Å². The summed E-state index contributed by atoms with van der Waals surface area (Å²) >= 11 is 0. The van der Waals surface area contributed by atoms with Gasteiger partial charge in [-0.15, -0.1) is 0 Å². The number of benzene rings is 3. The van der Waals surface area contributed by atoms with Gasteiger partial charge in [0.15, 0.2) is 0 Å². The van der Waals surface area contributed by atoms with Crippen molar-refractivity contribution in [3.05, 3.63) is 76.9 Å². The molecule has 0 fully saturated rings. The minimum atomic E-state index is -3.02. The summed E-state index contributed by atoms with van der Waals surface area (Å²) < 4.78 is 22.8. The monoisotopic (exact) mass is 354 g/mol. The van der Waals surface area contributed by atoms with E-state index >= 15 is 0 Å². The van der Waals surface area contributed by atoms with Crippen molar-refractivity contribution in [3.8, 4) is 5.75 Å². The fourth-order valence-corrected chi connectivity index (χ4v) is 3.56. The van der Waals surface area contributed by atoms with Crippen molar-refractivity contribution in [3.63, 3.8) is 0 Å². The van der Waals surface area contributed by atoms with Gasteiger partial charge in [0.2, 0.25) is 0 Å². The maximum absolute atomic E-state index is 12.3. The van der Waals surface area contributed by atoms with Crippen LogP contribution in [-0.4, -0.2) is 5.97 Å². The van der Waals surface area contributed by atoms with Crippen LogP contribution >= 0.6 is 8.25 Å². The normalized spacial score (nSPS) is 12.0. The quantitative estimate of drug-likeness (QED) is 0.590. The fraction of sp³-hybridized carbons (Fsp3) is 0.150. The lowest BCUT2D eigenvalue weighted by atomic mass is 9.99. The van der Waals surface area contributed by atoms with Crippen molar-refractivity contribution >= 4 is 25.0 Å². The van der Waals surface area contributed by atoms with Crippen LogP contribution in [0.5, 0.6) is 5.75 Å². The molecule has 0 spiro atoms. The Morgan fingerprint density at radius 1 is 0.880 bits per heavy atom. The van der Waals surface area contributed by atoms with Crippen molar-refractivity contribution < 1.29 is 18.4 Å². The molecular weight excluding hydrogens is 335 g/mol. The highest BCUT2D eigenvalue weighted by Gasteiger charge is 2.16. The summed E-state index contributed by atoms with van der Waals surface area (Å²) in [6.07, 6.45) is 0. The first-order valence-electron chi connectivity index (χ1n) is 7.95. The minimum Gasteiger partial charge on any atom is -0.417 e. The Kier molecular flexibility index (Phi) is 4.91. The van der Waals surface area contributed by atoms with E-state index in [2.05, 4.69) is 6.07 Å². The smallest absolute Gasteiger partial charge is 0.417 e. The van der Waals surface area contributed by atoms with E-state index < -0.39 is 14.2 Å². The van der Waals surface area contributed by atoms with E-state index in [0.29, 0.717) is 11.3 Å². The van der Waals surface area contributed by atoms with Crippen LogP contribution in [0.15, 0.2) is 54.6 Å². The number of hydrogen-bond acceptors (Lipinski definition) is 4. The van der Waals surface area contributed by atoms with E-state index in [1.54, 1.807) is 30.3 Å². The molecule has 1 unspecified atom stereocenters. The average Bonchev–Trinajstić information content (AvgIpc) is 2.59. The van der Waals surface area contributed by atoms with E-state index in [1.165, 1.54) is 0 Å². The number of carbonyl (C=O) groups is 1. The van der Waals surface area contributed by atoms with Gasteiger partial charge in [-0.05, 0) is 49.4 Å². The molecule has 0 aromatic heterocycles. The highest BCUT2D eigenvalue weighted by Crippen LogP contribution is 2.38. The van der Waals surface area contributed by atoms with Crippen LogP contribution in [0.25, 0.3) is 10.8 Å². The lowest BCUT2D eigenvalue weighted by Gasteiger charge is -2.14. The Morgan fingerprint density at radius 3 is 2.32 bits per heavy atom. The minimum absolute atomic E-state index is 0.338. The molecule has 3 aromatic carbocycles. The third kappa shape index (κ3) is 3.75. The van der Waals surface area contributed by atoms with Crippen LogP contribution in [0.4, 0.5) is 0 Å². The Morgan fingerprint density at radius 2 is 1.60 bits per heavy atom. The second-order valence-corrected chi connectivity index (χ2v) is 6.90. The zero-order valence-corrected chi connectivity index (χ0v) is 15.3. The molecule has 0 saturated heterocycles. The van der Waals surface area contributed by atoms with E-state index in [9.17, 15) is 9.36 Å². The first kappa shape index (κ1) is 17.2. The van der Waals surface area contributed by atoms with Crippen LogP contribution in [0.1, 0.15) is 27.0 Å². The third-order valence-corrected chi connectivity index (χ3v) is 4.73. The Hall–Kier alpha value is -2.58. The van der Waals surface area contributed by atoms with Gasteiger partial charge >= 0.3 is 14.2 Å². The molecule has 128 valence electrons. The molecule has 3 rings (SSSR count). The van der Waals surface area contributed by atoms with E-state index in [4.69, 9.17) is 9.05 Å². The third-order valence-electron chi connectivity index (χ3n) is 4.01. The molecule has 5 heteroatoms. The maximum atomic E-state index is 12.3. The molecule has 0 aliphatic rings. The van der Waals surface area contributed by atoms with Gasteiger partial charge in [-0.3, -0.25) is 0 Å². The van der Waals surface area contributed by atoms with E-state index in [0.717, 1.165) is 27.5 Å². The van der Waals surface area contributed by atoms with Crippen LogP contribution in [-0.2, 0) is 9.09 Å². The summed E-state index contributed by atoms with van der Waals surface area (Å²) in [6.45, 7) is 5.93. The molecular formula is C20H19O4P.